The second kappa shape index (κ2) is 11.5. The van der Waals surface area contributed by atoms with Crippen molar-refractivity contribution in [2.75, 3.05) is 26.2 Å². The predicted molar refractivity (Wildman–Crippen MR) is 113 cm³/mol. The second-order valence-corrected chi connectivity index (χ2v) is 8.31. The van der Waals surface area contributed by atoms with Gasteiger partial charge in [-0.1, -0.05) is 44.7 Å². The Morgan fingerprint density at radius 3 is 2.79 bits per heavy atom. The Balaban J connectivity index is 1.61. The molecule has 0 radical (unpaired) electrons. The van der Waals surface area contributed by atoms with Crippen molar-refractivity contribution in [2.45, 2.75) is 76.9 Å². The Morgan fingerprint density at radius 1 is 1.21 bits per heavy atom. The number of carbonyl (C=O) groups is 1. The largest absolute Gasteiger partial charge is 0.386 e. The number of nitrogens with one attached hydrogen (secondary N) is 1. The number of benzene rings is 1. The molecule has 2 unspecified atom stereocenters. The van der Waals surface area contributed by atoms with Crippen LogP contribution in [0.2, 0.25) is 0 Å². The number of rotatable bonds is 11. The minimum absolute atomic E-state index is 0.0299. The highest BCUT2D eigenvalue weighted by molar-refractivity contribution is 5.76. The summed E-state index contributed by atoms with van der Waals surface area (Å²) in [7, 11) is 0. The van der Waals surface area contributed by atoms with Gasteiger partial charge < -0.3 is 20.2 Å². The fraction of sp³-hybridized carbons (Fsp3) is 0.696. The first-order chi connectivity index (χ1) is 14.2. The zero-order chi connectivity index (χ0) is 20.5. The second-order valence-electron chi connectivity index (χ2n) is 8.31. The highest BCUT2D eigenvalue weighted by Gasteiger charge is 2.27. The molecular formula is C23H36N2O4. The Labute approximate surface area is 174 Å². The van der Waals surface area contributed by atoms with Crippen LogP contribution in [0, 0.1) is 0 Å². The van der Waals surface area contributed by atoms with Gasteiger partial charge in [0.2, 0.25) is 5.91 Å². The first kappa shape index (κ1) is 22.1. The van der Waals surface area contributed by atoms with Crippen LogP contribution in [0.3, 0.4) is 0 Å². The van der Waals surface area contributed by atoms with E-state index in [1.54, 1.807) is 0 Å². The van der Waals surface area contributed by atoms with E-state index in [0.717, 1.165) is 43.5 Å². The molecule has 1 saturated heterocycles. The number of hydrogen-bond acceptors (Lipinski definition) is 5. The first-order valence-corrected chi connectivity index (χ1v) is 11.3. The monoisotopic (exact) mass is 404 g/mol. The highest BCUT2D eigenvalue weighted by Crippen LogP contribution is 2.29. The molecule has 6 nitrogen and oxygen atoms in total. The molecule has 0 bridgehead atoms. The summed E-state index contributed by atoms with van der Waals surface area (Å²) in [5.74, 6) is 0.692. The lowest BCUT2D eigenvalue weighted by Crippen LogP contribution is -2.46. The van der Waals surface area contributed by atoms with E-state index in [1.165, 1.54) is 32.1 Å². The Bertz CT molecular complexity index is 646. The minimum atomic E-state index is -0.782. The topological polar surface area (TPSA) is 71.0 Å². The summed E-state index contributed by atoms with van der Waals surface area (Å²) in [5, 5.41) is 14.2. The fourth-order valence-corrected chi connectivity index (χ4v) is 4.16. The van der Waals surface area contributed by atoms with Crippen LogP contribution in [0.15, 0.2) is 18.2 Å². The Hall–Kier alpha value is -1.63. The van der Waals surface area contributed by atoms with Gasteiger partial charge in [0.05, 0.1) is 12.6 Å². The molecule has 6 heteroatoms. The van der Waals surface area contributed by atoms with Gasteiger partial charge in [0.25, 0.3) is 0 Å². The van der Waals surface area contributed by atoms with Gasteiger partial charge in [0.1, 0.15) is 6.10 Å². The average Bonchev–Trinajstić information content (AvgIpc) is 3.25. The van der Waals surface area contributed by atoms with Crippen LogP contribution >= 0.6 is 0 Å². The smallest absolute Gasteiger partial charge is 0.220 e. The fourth-order valence-electron chi connectivity index (χ4n) is 4.16. The van der Waals surface area contributed by atoms with E-state index in [1.807, 2.05) is 18.2 Å². The van der Waals surface area contributed by atoms with Crippen molar-refractivity contribution < 1.29 is 19.7 Å². The maximum Gasteiger partial charge on any atom is 0.220 e. The molecule has 2 aliphatic rings. The molecule has 0 saturated carbocycles. The molecule has 2 heterocycles. The normalized spacial score (nSPS) is 18.7. The number of aliphatic hydroxyl groups is 1. The van der Waals surface area contributed by atoms with Crippen LogP contribution in [-0.4, -0.2) is 48.2 Å². The van der Waals surface area contributed by atoms with Crippen molar-refractivity contribution in [1.82, 2.24) is 10.2 Å². The SMILES string of the molecule is CCCCCCCC(=O)NC(CN1CCCC1)C(O)c1ccc2c(c1)OOCC2. The summed E-state index contributed by atoms with van der Waals surface area (Å²) in [6.45, 7) is 5.45. The summed E-state index contributed by atoms with van der Waals surface area (Å²) < 4.78 is 0. The van der Waals surface area contributed by atoms with E-state index >= 15 is 0 Å². The van der Waals surface area contributed by atoms with E-state index in [0.29, 0.717) is 25.3 Å². The molecule has 162 valence electrons. The van der Waals surface area contributed by atoms with Gasteiger partial charge in [0, 0.05) is 24.9 Å². The predicted octanol–water partition coefficient (Wildman–Crippen LogP) is 3.53. The number of likely N-dealkylation sites (tertiary alicyclic amines) is 1. The number of aliphatic hydroxyl groups excluding tert-OH is 1. The third kappa shape index (κ3) is 6.69. The standard InChI is InChI=1S/C23H36N2O4/c1-2-3-4-5-6-9-22(26)24-20(17-25-13-7-8-14-25)23(27)19-11-10-18-12-15-28-29-21(18)16-19/h10-11,16,20,23,27H,2-9,12-15,17H2,1H3,(H,24,26). The molecular weight excluding hydrogens is 368 g/mol. The van der Waals surface area contributed by atoms with Gasteiger partial charge in [-0.25, -0.2) is 0 Å². The molecule has 0 aliphatic carbocycles. The van der Waals surface area contributed by atoms with E-state index < -0.39 is 6.10 Å². The van der Waals surface area contributed by atoms with Crippen LogP contribution in [0.25, 0.3) is 0 Å². The molecule has 3 rings (SSSR count). The van der Waals surface area contributed by atoms with Crippen LogP contribution in [0.5, 0.6) is 5.75 Å². The van der Waals surface area contributed by atoms with Crippen LogP contribution in [0.4, 0.5) is 0 Å². The summed E-state index contributed by atoms with van der Waals surface area (Å²) in [6, 6.07) is 5.43. The van der Waals surface area contributed by atoms with Crippen molar-refractivity contribution >= 4 is 5.91 Å². The van der Waals surface area contributed by atoms with Crippen molar-refractivity contribution in [2.24, 2.45) is 0 Å². The molecule has 29 heavy (non-hydrogen) atoms. The van der Waals surface area contributed by atoms with Gasteiger partial charge in [-0.15, -0.1) is 0 Å². The maximum atomic E-state index is 12.5. The number of carbonyl (C=O) groups excluding carboxylic acids is 1. The molecule has 0 spiro atoms. The quantitative estimate of drug-likeness (QED) is 0.436. The summed E-state index contributed by atoms with van der Waals surface area (Å²) >= 11 is 0. The van der Waals surface area contributed by atoms with Crippen molar-refractivity contribution in [1.29, 1.82) is 0 Å². The van der Waals surface area contributed by atoms with Gasteiger partial charge in [-0.05, 0) is 44.0 Å². The van der Waals surface area contributed by atoms with Crippen LogP contribution < -0.4 is 10.2 Å². The zero-order valence-corrected chi connectivity index (χ0v) is 17.7. The van der Waals surface area contributed by atoms with Crippen molar-refractivity contribution in [3.8, 4) is 5.75 Å². The number of unbranched alkanes of at least 4 members (excludes halogenated alkanes) is 4. The first-order valence-electron chi connectivity index (χ1n) is 11.3. The Kier molecular flexibility index (Phi) is 8.77. The van der Waals surface area contributed by atoms with Crippen molar-refractivity contribution in [3.05, 3.63) is 29.3 Å². The highest BCUT2D eigenvalue weighted by atomic mass is 17.2. The van der Waals surface area contributed by atoms with Gasteiger partial charge in [-0.3, -0.25) is 4.79 Å². The van der Waals surface area contributed by atoms with Crippen LogP contribution in [-0.2, 0) is 16.1 Å². The number of amides is 1. The molecule has 2 N–H and O–H groups in total. The molecule has 0 aromatic heterocycles. The van der Waals surface area contributed by atoms with Crippen LogP contribution in [0.1, 0.15) is 75.5 Å². The molecule has 2 aliphatic heterocycles. The molecule has 1 amide bonds. The van der Waals surface area contributed by atoms with Gasteiger partial charge in [0.15, 0.2) is 5.75 Å². The number of hydrogen-bond donors (Lipinski definition) is 2. The molecule has 1 aromatic carbocycles. The molecule has 2 atom stereocenters. The summed E-state index contributed by atoms with van der Waals surface area (Å²) in [6.07, 6.45) is 8.50. The van der Waals surface area contributed by atoms with E-state index in [4.69, 9.17) is 9.78 Å². The lowest BCUT2D eigenvalue weighted by atomic mass is 9.98. The minimum Gasteiger partial charge on any atom is -0.386 e. The summed E-state index contributed by atoms with van der Waals surface area (Å²) in [5.41, 5.74) is 1.83. The lowest BCUT2D eigenvalue weighted by molar-refractivity contribution is -0.215. The van der Waals surface area contributed by atoms with Gasteiger partial charge in [-0.2, -0.15) is 4.89 Å². The van der Waals surface area contributed by atoms with E-state index in [9.17, 15) is 9.90 Å². The third-order valence-corrected chi connectivity index (χ3v) is 5.92. The lowest BCUT2D eigenvalue weighted by Gasteiger charge is -2.29. The van der Waals surface area contributed by atoms with Crippen molar-refractivity contribution in [3.63, 3.8) is 0 Å². The van der Waals surface area contributed by atoms with Gasteiger partial charge >= 0.3 is 0 Å². The van der Waals surface area contributed by atoms with E-state index in [2.05, 4.69) is 17.1 Å². The molecule has 1 aromatic rings. The Morgan fingerprint density at radius 2 is 2.00 bits per heavy atom. The maximum absolute atomic E-state index is 12.5. The summed E-state index contributed by atoms with van der Waals surface area (Å²) in [4.78, 5) is 25.2. The zero-order valence-electron chi connectivity index (χ0n) is 17.7. The average molecular weight is 405 g/mol. The van der Waals surface area contributed by atoms with E-state index in [-0.39, 0.29) is 11.9 Å². The molecule has 1 fully saturated rings. The third-order valence-electron chi connectivity index (χ3n) is 5.92. The number of nitrogens with zero attached hydrogens (tertiary/aromatic N) is 1. The number of fused-ring (bicyclic) bond motifs is 1.